The highest BCUT2D eigenvalue weighted by Crippen LogP contribution is 2.46. The zero-order chi connectivity index (χ0) is 78.3. The second kappa shape index (κ2) is 30.6. The number of rotatable bonds is 15. The summed E-state index contributed by atoms with van der Waals surface area (Å²) in [6, 6.07) is 155. The first-order chi connectivity index (χ1) is 58.5. The number of benzene rings is 17. The molecule has 0 spiro atoms. The first-order valence-corrected chi connectivity index (χ1v) is 42.6. The van der Waals surface area contributed by atoms with Gasteiger partial charge in [0, 0.05) is 86.5 Å². The van der Waals surface area contributed by atoms with Crippen molar-refractivity contribution in [2.45, 2.75) is 0 Å². The molecular formula is C108H72N8SSi. The molecule has 0 fully saturated rings. The SMILES string of the molecule is c1ccc(-c2nc(-c3cccc(-c4ccc([Si](c5ccccc5)(c5ccccc5)c5ccccc5)cc4)c3)nc(-c3cccc(-n4c5ccccc5c5ccccc54)c3)n2)cc1.c1ccc(-c2nc(-c3ccccc3)nc(-c3ccc(-n4c5ccccc5c5ccc(-c6cccc7c6sc6c(-c8ccccc8)cccc67)cc54)cc3)n2)cc1. The van der Waals surface area contributed by atoms with E-state index in [1.54, 1.807) is 0 Å². The van der Waals surface area contributed by atoms with Crippen molar-refractivity contribution in [3.8, 4) is 113 Å². The van der Waals surface area contributed by atoms with E-state index in [4.69, 9.17) is 29.9 Å². The summed E-state index contributed by atoms with van der Waals surface area (Å²) in [5, 5.41) is 12.9. The van der Waals surface area contributed by atoms with E-state index >= 15 is 0 Å². The van der Waals surface area contributed by atoms with Gasteiger partial charge >= 0.3 is 0 Å². The van der Waals surface area contributed by atoms with E-state index in [9.17, 15) is 0 Å². The van der Waals surface area contributed by atoms with Crippen LogP contribution in [0.5, 0.6) is 0 Å². The second-order valence-corrected chi connectivity index (χ2v) is 34.4. The highest BCUT2D eigenvalue weighted by atomic mass is 32.1. The number of fused-ring (bicyclic) bond motifs is 9. The molecular weight excluding hydrogens is 1470 g/mol. The molecule has 0 aliphatic carbocycles. The van der Waals surface area contributed by atoms with Crippen molar-refractivity contribution < 1.29 is 0 Å². The van der Waals surface area contributed by atoms with Crippen molar-refractivity contribution in [1.29, 1.82) is 0 Å². The molecule has 0 radical (unpaired) electrons. The van der Waals surface area contributed by atoms with Gasteiger partial charge < -0.3 is 9.13 Å². The number of aromatic nitrogens is 8. The monoisotopic (exact) mass is 1540 g/mol. The summed E-state index contributed by atoms with van der Waals surface area (Å²) < 4.78 is 7.34. The lowest BCUT2D eigenvalue weighted by Crippen LogP contribution is -2.74. The van der Waals surface area contributed by atoms with Gasteiger partial charge in [0.05, 0.1) is 22.1 Å². The van der Waals surface area contributed by atoms with E-state index < -0.39 is 8.07 Å². The Labute approximate surface area is 688 Å². The van der Waals surface area contributed by atoms with Crippen LogP contribution in [-0.2, 0) is 0 Å². The molecule has 22 aromatic rings. The predicted octanol–water partition coefficient (Wildman–Crippen LogP) is 24.7. The summed E-state index contributed by atoms with van der Waals surface area (Å²) in [6.07, 6.45) is 0. The number of hydrogen-bond acceptors (Lipinski definition) is 7. The maximum Gasteiger partial charge on any atom is 0.179 e. The fraction of sp³-hybridized carbons (Fsp3) is 0. The normalized spacial score (nSPS) is 11.6. The van der Waals surface area contributed by atoms with Crippen LogP contribution in [-0.4, -0.2) is 47.1 Å². The van der Waals surface area contributed by atoms with Crippen molar-refractivity contribution in [2.24, 2.45) is 0 Å². The first-order valence-electron chi connectivity index (χ1n) is 39.8. The minimum absolute atomic E-state index is 0.621. The van der Waals surface area contributed by atoms with Crippen molar-refractivity contribution in [3.63, 3.8) is 0 Å². The second-order valence-electron chi connectivity index (χ2n) is 29.6. The van der Waals surface area contributed by atoms with Crippen LogP contribution in [0, 0.1) is 0 Å². The van der Waals surface area contributed by atoms with Crippen LogP contribution >= 0.6 is 11.3 Å². The molecule has 17 aromatic carbocycles. The average molecular weight is 1540 g/mol. The number of para-hydroxylation sites is 3. The molecule has 0 amide bonds. The van der Waals surface area contributed by atoms with Gasteiger partial charge in [0.25, 0.3) is 0 Å². The Morgan fingerprint density at radius 1 is 0.178 bits per heavy atom. The van der Waals surface area contributed by atoms with Crippen molar-refractivity contribution in [3.05, 3.63) is 437 Å². The quantitative estimate of drug-likeness (QED) is 0.0751. The van der Waals surface area contributed by atoms with E-state index in [1.807, 2.05) is 90.2 Å². The van der Waals surface area contributed by atoms with Crippen LogP contribution in [0.4, 0.5) is 0 Å². The van der Waals surface area contributed by atoms with E-state index in [0.717, 1.165) is 77.9 Å². The minimum Gasteiger partial charge on any atom is -0.309 e. The summed E-state index contributed by atoms with van der Waals surface area (Å²) in [4.78, 5) is 30.2. The summed E-state index contributed by atoms with van der Waals surface area (Å²) in [6.45, 7) is 0. The lowest BCUT2D eigenvalue weighted by Gasteiger charge is -2.34. The predicted molar refractivity (Wildman–Crippen MR) is 494 cm³/mol. The van der Waals surface area contributed by atoms with Gasteiger partial charge in [0.1, 0.15) is 0 Å². The molecule has 554 valence electrons. The van der Waals surface area contributed by atoms with Crippen molar-refractivity contribution in [1.82, 2.24) is 39.0 Å². The molecule has 0 atom stereocenters. The smallest absolute Gasteiger partial charge is 0.179 e. The van der Waals surface area contributed by atoms with E-state index in [0.29, 0.717) is 34.9 Å². The van der Waals surface area contributed by atoms with Gasteiger partial charge in [-0.2, -0.15) is 0 Å². The maximum atomic E-state index is 5.20. The molecule has 0 aliphatic heterocycles. The summed E-state index contributed by atoms with van der Waals surface area (Å²) in [5.74, 6) is 3.82. The van der Waals surface area contributed by atoms with Gasteiger partial charge in [-0.15, -0.1) is 11.3 Å². The Morgan fingerprint density at radius 2 is 0.483 bits per heavy atom. The third-order valence-corrected chi connectivity index (χ3v) is 28.8. The molecule has 118 heavy (non-hydrogen) atoms. The van der Waals surface area contributed by atoms with Crippen LogP contribution in [0.3, 0.4) is 0 Å². The van der Waals surface area contributed by atoms with Gasteiger partial charge in [0.2, 0.25) is 0 Å². The zero-order valence-corrected chi connectivity index (χ0v) is 65.9. The van der Waals surface area contributed by atoms with E-state index in [-0.39, 0.29) is 0 Å². The Morgan fingerprint density at radius 3 is 0.941 bits per heavy atom. The van der Waals surface area contributed by atoms with E-state index in [2.05, 4.69) is 367 Å². The summed E-state index contributed by atoms with van der Waals surface area (Å²) in [7, 11) is -2.64. The van der Waals surface area contributed by atoms with Gasteiger partial charge in [-0.05, 0) is 121 Å². The lowest BCUT2D eigenvalue weighted by atomic mass is 9.99. The molecule has 5 heterocycles. The molecule has 5 aromatic heterocycles. The fourth-order valence-electron chi connectivity index (χ4n) is 17.2. The molecule has 0 aliphatic rings. The Bertz CT molecular complexity index is 7240. The number of hydrogen-bond donors (Lipinski definition) is 0. The minimum atomic E-state index is -2.64. The van der Waals surface area contributed by atoms with Crippen LogP contribution < -0.4 is 20.7 Å². The average Bonchev–Trinajstić information content (AvgIpc) is 1.71. The number of thiophene rings is 1. The highest BCUT2D eigenvalue weighted by Gasteiger charge is 2.41. The Hall–Kier alpha value is -15.2. The van der Waals surface area contributed by atoms with E-state index in [1.165, 1.54) is 84.7 Å². The van der Waals surface area contributed by atoms with Crippen molar-refractivity contribution in [2.75, 3.05) is 0 Å². The molecule has 0 bridgehead atoms. The van der Waals surface area contributed by atoms with Gasteiger partial charge in [-0.3, -0.25) is 0 Å². The van der Waals surface area contributed by atoms with Crippen LogP contribution in [0.1, 0.15) is 0 Å². The van der Waals surface area contributed by atoms with Crippen molar-refractivity contribution >= 4 is 104 Å². The van der Waals surface area contributed by atoms with Gasteiger partial charge in [-0.1, -0.05) is 370 Å². The molecule has 0 N–H and O–H groups in total. The lowest BCUT2D eigenvalue weighted by molar-refractivity contribution is 1.07. The Kier molecular flexibility index (Phi) is 18.3. The fourth-order valence-corrected chi connectivity index (χ4v) is 23.3. The summed E-state index contributed by atoms with van der Waals surface area (Å²) >= 11 is 1.89. The Balaban J connectivity index is 0.000000147. The largest absolute Gasteiger partial charge is 0.309 e. The highest BCUT2D eigenvalue weighted by molar-refractivity contribution is 7.27. The van der Waals surface area contributed by atoms with Crippen LogP contribution in [0.15, 0.2) is 437 Å². The molecule has 10 heteroatoms. The topological polar surface area (TPSA) is 87.2 Å². The van der Waals surface area contributed by atoms with Gasteiger partial charge in [0.15, 0.2) is 43.0 Å². The standard InChI is InChI=1S/C57H40N4Si.C51H32N4S/c1-5-19-42(20-6-1)55-58-56(60-57(59-55)45-23-18-24-46(40-45)61-53-33-15-13-31-51(53)52-32-14-16-34-54(52)61)44-22-17-21-43(39-44)41-35-37-50(38-36-41)62(47-25-7-2-8-26-47,48-27-9-3-10-28-48)49-29-11-4-12-30-49;1-4-14-33(15-5-1)39-21-12-23-43-44-24-13-22-40(48(44)56-47(39)43)37-28-31-42-41-20-10-11-25-45(41)55(46(42)32-37)38-29-26-36(27-30-38)51-53-49(34-16-6-2-7-17-34)52-50(54-51)35-18-8-3-9-19-35/h1-40H;1-32H. The molecule has 22 rings (SSSR count). The third-order valence-electron chi connectivity index (χ3n) is 22.7. The molecule has 0 saturated heterocycles. The summed E-state index contributed by atoms with van der Waals surface area (Å²) in [5.41, 5.74) is 19.6. The number of nitrogens with zero attached hydrogens (tertiary/aromatic N) is 8. The third kappa shape index (κ3) is 12.9. The maximum absolute atomic E-state index is 5.20. The first kappa shape index (κ1) is 70.6. The zero-order valence-electron chi connectivity index (χ0n) is 64.1. The van der Waals surface area contributed by atoms with Gasteiger partial charge in [-0.25, -0.2) is 29.9 Å². The van der Waals surface area contributed by atoms with Crippen LogP contribution in [0.25, 0.3) is 177 Å². The molecule has 0 unspecified atom stereocenters. The molecule has 0 saturated carbocycles. The molecule has 8 nitrogen and oxygen atoms in total. The van der Waals surface area contributed by atoms with Crippen LogP contribution in [0.2, 0.25) is 0 Å².